The fourth-order valence-electron chi connectivity index (χ4n) is 2.87. The van der Waals surface area contributed by atoms with Gasteiger partial charge in [-0.3, -0.25) is 0 Å². The van der Waals surface area contributed by atoms with E-state index in [1.54, 1.807) is 0 Å². The molecule has 0 aliphatic heterocycles. The number of ether oxygens (including phenoxy) is 3. The summed E-state index contributed by atoms with van der Waals surface area (Å²) in [5.41, 5.74) is 0. The Morgan fingerprint density at radius 2 is 0.706 bits per heavy atom. The molecule has 3 aromatic rings. The summed E-state index contributed by atoms with van der Waals surface area (Å²) in [5.74, 6) is 3.78. The van der Waals surface area contributed by atoms with Crippen LogP contribution >= 0.6 is 0 Å². The molecule has 0 spiro atoms. The van der Waals surface area contributed by atoms with Crippen molar-refractivity contribution in [3.63, 3.8) is 0 Å². The first-order chi connectivity index (χ1) is 16.7. The van der Waals surface area contributed by atoms with Gasteiger partial charge in [-0.15, -0.1) is 0 Å². The number of hydrogen-bond acceptors (Lipinski definition) is 6. The van der Waals surface area contributed by atoms with Crippen LogP contribution in [0.3, 0.4) is 0 Å². The van der Waals surface area contributed by atoms with Gasteiger partial charge in [0, 0.05) is 0 Å². The molecule has 0 amide bonds. The average Bonchev–Trinajstić information content (AvgIpc) is 2.87. The number of rotatable bonds is 15. The van der Waals surface area contributed by atoms with E-state index in [1.807, 2.05) is 72.8 Å². The van der Waals surface area contributed by atoms with E-state index in [0.29, 0.717) is 54.3 Å². The van der Waals surface area contributed by atoms with Crippen molar-refractivity contribution in [3.05, 3.63) is 72.8 Å². The van der Waals surface area contributed by atoms with Gasteiger partial charge in [-0.25, -0.2) is 0 Å². The van der Waals surface area contributed by atoms with Gasteiger partial charge in [0.1, 0.15) is 0 Å². The normalized spacial score (nSPS) is 10.6. The third-order valence-electron chi connectivity index (χ3n) is 4.45. The van der Waals surface area contributed by atoms with Gasteiger partial charge >= 0.3 is 212 Å². The SMILES string of the molecule is CCCOc1ccccc1[O][Sb]([O]c1ccccc1OCCC)[O]c1ccccc1OCCC. The van der Waals surface area contributed by atoms with Gasteiger partial charge in [-0.2, -0.15) is 0 Å². The van der Waals surface area contributed by atoms with E-state index < -0.39 is 21.5 Å². The Hall–Kier alpha value is -2.72. The Labute approximate surface area is 211 Å². The van der Waals surface area contributed by atoms with Crippen LogP contribution in [0.5, 0.6) is 34.5 Å². The summed E-state index contributed by atoms with van der Waals surface area (Å²) < 4.78 is 36.8. The summed E-state index contributed by atoms with van der Waals surface area (Å²) in [6.07, 6.45) is 2.70. The van der Waals surface area contributed by atoms with Gasteiger partial charge in [0.2, 0.25) is 0 Å². The van der Waals surface area contributed by atoms with Crippen LogP contribution < -0.4 is 23.3 Å². The van der Waals surface area contributed by atoms with E-state index in [2.05, 4.69) is 20.8 Å². The third kappa shape index (κ3) is 7.95. The van der Waals surface area contributed by atoms with E-state index in [1.165, 1.54) is 0 Å². The molecular weight excluding hydrogens is 542 g/mol. The van der Waals surface area contributed by atoms with Crippen molar-refractivity contribution in [3.8, 4) is 34.5 Å². The summed E-state index contributed by atoms with van der Waals surface area (Å²) in [5, 5.41) is 0. The van der Waals surface area contributed by atoms with Crippen LogP contribution in [0.4, 0.5) is 0 Å². The van der Waals surface area contributed by atoms with Gasteiger partial charge in [0.05, 0.1) is 0 Å². The molecular formula is C27H33O6Sb. The summed E-state index contributed by atoms with van der Waals surface area (Å²) in [6.45, 7) is 7.99. The minimum absolute atomic E-state index is 0.595. The molecule has 0 radical (unpaired) electrons. The van der Waals surface area contributed by atoms with Crippen LogP contribution in [0.25, 0.3) is 0 Å². The Kier molecular flexibility index (Phi) is 11.1. The van der Waals surface area contributed by atoms with Crippen LogP contribution in [-0.2, 0) is 0 Å². The number of para-hydroxylation sites is 6. The first-order valence-electron chi connectivity index (χ1n) is 11.7. The second kappa shape index (κ2) is 14.5. The molecule has 0 aliphatic carbocycles. The van der Waals surface area contributed by atoms with Gasteiger partial charge < -0.3 is 0 Å². The fourth-order valence-corrected chi connectivity index (χ4v) is 5.85. The monoisotopic (exact) mass is 574 g/mol. The Morgan fingerprint density at radius 3 is 0.971 bits per heavy atom. The zero-order valence-corrected chi connectivity index (χ0v) is 22.6. The van der Waals surface area contributed by atoms with Crippen molar-refractivity contribution >= 4 is 21.5 Å². The Morgan fingerprint density at radius 1 is 0.441 bits per heavy atom. The van der Waals surface area contributed by atoms with Gasteiger partial charge in [0.15, 0.2) is 0 Å². The van der Waals surface area contributed by atoms with Crippen LogP contribution in [0.15, 0.2) is 72.8 Å². The predicted octanol–water partition coefficient (Wildman–Crippen LogP) is 6.57. The second-order valence-corrected chi connectivity index (χ2v) is 10.2. The molecule has 0 atom stereocenters. The van der Waals surface area contributed by atoms with Crippen molar-refractivity contribution < 1.29 is 23.3 Å². The molecule has 34 heavy (non-hydrogen) atoms. The quantitative estimate of drug-likeness (QED) is 0.191. The molecule has 3 aromatic carbocycles. The van der Waals surface area contributed by atoms with E-state index in [0.717, 1.165) is 19.3 Å². The Bertz CT molecular complexity index is 869. The van der Waals surface area contributed by atoms with Crippen molar-refractivity contribution in [1.82, 2.24) is 0 Å². The number of benzene rings is 3. The van der Waals surface area contributed by atoms with Gasteiger partial charge in [-0.1, -0.05) is 0 Å². The third-order valence-corrected chi connectivity index (χ3v) is 7.41. The molecule has 0 aromatic heterocycles. The molecule has 7 heteroatoms. The van der Waals surface area contributed by atoms with Crippen molar-refractivity contribution in [2.24, 2.45) is 0 Å². The summed E-state index contributed by atoms with van der Waals surface area (Å²) in [6, 6.07) is 22.8. The Balaban J connectivity index is 1.89. The van der Waals surface area contributed by atoms with E-state index >= 15 is 0 Å². The molecule has 0 aliphatic rings. The summed E-state index contributed by atoms with van der Waals surface area (Å²) >= 11 is -3.39. The van der Waals surface area contributed by atoms with Crippen LogP contribution in [0.1, 0.15) is 40.0 Å². The average molecular weight is 575 g/mol. The minimum atomic E-state index is -3.39. The predicted molar refractivity (Wildman–Crippen MR) is 134 cm³/mol. The first-order valence-corrected chi connectivity index (χ1v) is 14.9. The van der Waals surface area contributed by atoms with E-state index in [4.69, 9.17) is 23.3 Å². The molecule has 6 nitrogen and oxygen atoms in total. The molecule has 0 N–H and O–H groups in total. The van der Waals surface area contributed by atoms with Crippen LogP contribution in [-0.4, -0.2) is 41.3 Å². The van der Waals surface area contributed by atoms with Crippen molar-refractivity contribution in [2.45, 2.75) is 40.0 Å². The second-order valence-electron chi connectivity index (χ2n) is 7.38. The van der Waals surface area contributed by atoms with Gasteiger partial charge in [0.25, 0.3) is 0 Å². The van der Waals surface area contributed by atoms with E-state index in [9.17, 15) is 0 Å². The zero-order valence-electron chi connectivity index (χ0n) is 20.1. The maximum absolute atomic E-state index is 6.37. The molecule has 0 fully saturated rings. The molecule has 0 heterocycles. The molecule has 0 saturated heterocycles. The van der Waals surface area contributed by atoms with E-state index in [-0.39, 0.29) is 0 Å². The summed E-state index contributed by atoms with van der Waals surface area (Å²) in [7, 11) is 0. The maximum atomic E-state index is 6.37. The molecule has 0 bridgehead atoms. The molecule has 182 valence electrons. The fraction of sp³-hybridized carbons (Fsp3) is 0.333. The van der Waals surface area contributed by atoms with Crippen LogP contribution in [0.2, 0.25) is 0 Å². The number of hydrogen-bond donors (Lipinski definition) is 0. The molecule has 0 saturated carbocycles. The zero-order chi connectivity index (χ0) is 24.0. The standard InChI is InChI=1S/3C9H12O2.Sb/c3*1-2-7-11-9-6-4-3-5-8(9)10;/h3*3-6,10H,2,7H2,1H3;/q;;;+3/p-3. The van der Waals surface area contributed by atoms with Crippen molar-refractivity contribution in [2.75, 3.05) is 19.8 Å². The molecule has 0 unspecified atom stereocenters. The topological polar surface area (TPSA) is 55.4 Å². The first kappa shape index (κ1) is 25.9. The van der Waals surface area contributed by atoms with Gasteiger partial charge in [-0.05, 0) is 0 Å². The van der Waals surface area contributed by atoms with Crippen molar-refractivity contribution in [1.29, 1.82) is 0 Å². The summed E-state index contributed by atoms with van der Waals surface area (Å²) in [4.78, 5) is 0. The molecule has 3 rings (SSSR count). The van der Waals surface area contributed by atoms with Crippen LogP contribution in [0, 0.1) is 0 Å².